The summed E-state index contributed by atoms with van der Waals surface area (Å²) in [5, 5.41) is 0.349. The Hall–Kier alpha value is -3.52. The zero-order valence-corrected chi connectivity index (χ0v) is 18.2. The van der Waals surface area contributed by atoms with E-state index in [2.05, 4.69) is 26.3 Å². The van der Waals surface area contributed by atoms with Gasteiger partial charge in [-0.05, 0) is 83.0 Å². The largest absolute Gasteiger partial charge is 0.497 e. The quantitative estimate of drug-likeness (QED) is 0.459. The fourth-order valence-electron chi connectivity index (χ4n) is 3.16. The van der Waals surface area contributed by atoms with Crippen LogP contribution in [0.15, 0.2) is 69.9 Å². The van der Waals surface area contributed by atoms with Crippen molar-refractivity contribution in [3.05, 3.63) is 92.4 Å². The van der Waals surface area contributed by atoms with Crippen molar-refractivity contribution >= 4 is 32.7 Å². The maximum atomic E-state index is 13.5. The molecule has 0 fully saturated rings. The van der Waals surface area contributed by atoms with Gasteiger partial charge >= 0.3 is 0 Å². The Bertz CT molecular complexity index is 1370. The Morgan fingerprint density at radius 1 is 1.10 bits per heavy atom. The van der Waals surface area contributed by atoms with Crippen molar-refractivity contribution in [3.63, 3.8) is 0 Å². The molecule has 6 nitrogen and oxygen atoms in total. The predicted molar refractivity (Wildman–Crippen MR) is 121 cm³/mol. The summed E-state index contributed by atoms with van der Waals surface area (Å²) in [6.07, 6.45) is 0. The first-order valence-corrected chi connectivity index (χ1v) is 10.1. The number of ether oxygens (including phenoxy) is 1. The first-order valence-electron chi connectivity index (χ1n) is 9.31. The highest BCUT2D eigenvalue weighted by atomic mass is 79.9. The molecule has 4 rings (SSSR count). The number of nitrogens with one attached hydrogen (secondary N) is 1. The average molecular weight is 482 g/mol. The van der Waals surface area contributed by atoms with Crippen molar-refractivity contribution in [1.29, 1.82) is 0 Å². The van der Waals surface area contributed by atoms with Gasteiger partial charge in [-0.3, -0.25) is 15.0 Å². The lowest BCUT2D eigenvalue weighted by Gasteiger charge is -2.16. The molecule has 0 saturated heterocycles. The minimum absolute atomic E-state index is 0.190. The third-order valence-corrected chi connectivity index (χ3v) is 5.45. The molecule has 1 heterocycles. The van der Waals surface area contributed by atoms with Crippen molar-refractivity contribution in [2.45, 2.75) is 6.92 Å². The van der Waals surface area contributed by atoms with Crippen LogP contribution < -0.4 is 15.7 Å². The van der Waals surface area contributed by atoms with Crippen molar-refractivity contribution in [1.82, 2.24) is 9.66 Å². The van der Waals surface area contributed by atoms with Gasteiger partial charge in [0, 0.05) is 10.0 Å². The molecule has 8 heteroatoms. The van der Waals surface area contributed by atoms with E-state index in [0.29, 0.717) is 26.7 Å². The lowest BCUT2D eigenvalue weighted by molar-refractivity contribution is 0.101. The van der Waals surface area contributed by atoms with Gasteiger partial charge in [0.2, 0.25) is 0 Å². The van der Waals surface area contributed by atoms with Gasteiger partial charge < -0.3 is 4.74 Å². The van der Waals surface area contributed by atoms with E-state index in [1.54, 1.807) is 36.4 Å². The number of amides is 1. The molecule has 0 saturated carbocycles. The summed E-state index contributed by atoms with van der Waals surface area (Å²) >= 11 is 3.35. The summed E-state index contributed by atoms with van der Waals surface area (Å²) in [5.41, 5.74) is 4.36. The van der Waals surface area contributed by atoms with Crippen LogP contribution in [0.4, 0.5) is 4.39 Å². The predicted octanol–water partition coefficient (Wildman–Crippen LogP) is 4.67. The second-order valence-corrected chi connectivity index (χ2v) is 7.74. The van der Waals surface area contributed by atoms with Gasteiger partial charge in [-0.15, -0.1) is 0 Å². The van der Waals surface area contributed by atoms with Crippen molar-refractivity contribution < 1.29 is 13.9 Å². The SMILES string of the molecule is COc1ccc(Br)c(C(=O)Nn2c(-c3ccc(F)cc3)nc3cc(C)ccc3c2=O)c1. The normalized spacial score (nSPS) is 10.8. The number of methoxy groups -OCH3 is 1. The van der Waals surface area contributed by atoms with Gasteiger partial charge in [-0.2, -0.15) is 4.68 Å². The average Bonchev–Trinajstić information content (AvgIpc) is 2.76. The highest BCUT2D eigenvalue weighted by Gasteiger charge is 2.18. The fraction of sp³-hybridized carbons (Fsp3) is 0.0870. The molecule has 0 unspecified atom stereocenters. The Balaban J connectivity index is 1.89. The number of aryl methyl sites for hydroxylation is 1. The number of hydrogen-bond donors (Lipinski definition) is 1. The molecule has 0 atom stereocenters. The Kier molecular flexibility index (Phi) is 5.56. The van der Waals surface area contributed by atoms with E-state index >= 15 is 0 Å². The number of hydrogen-bond acceptors (Lipinski definition) is 4. The fourth-order valence-corrected chi connectivity index (χ4v) is 3.59. The van der Waals surface area contributed by atoms with E-state index < -0.39 is 17.3 Å². The maximum absolute atomic E-state index is 13.5. The number of rotatable bonds is 4. The molecule has 1 aromatic heterocycles. The highest BCUT2D eigenvalue weighted by Crippen LogP contribution is 2.24. The summed E-state index contributed by atoms with van der Waals surface area (Å²) in [4.78, 5) is 30.9. The second-order valence-electron chi connectivity index (χ2n) is 6.89. The maximum Gasteiger partial charge on any atom is 0.280 e. The number of carbonyl (C=O) groups excluding carboxylic acids is 1. The van der Waals surface area contributed by atoms with Crippen LogP contribution in [0.2, 0.25) is 0 Å². The molecule has 0 aliphatic rings. The third kappa shape index (κ3) is 4.06. The Morgan fingerprint density at radius 3 is 2.55 bits per heavy atom. The first-order chi connectivity index (χ1) is 14.9. The number of halogens is 2. The summed E-state index contributed by atoms with van der Waals surface area (Å²) in [6.45, 7) is 1.90. The van der Waals surface area contributed by atoms with Crippen LogP contribution in [-0.4, -0.2) is 22.7 Å². The van der Waals surface area contributed by atoms with Gasteiger partial charge in [-0.1, -0.05) is 6.07 Å². The number of fused-ring (bicyclic) bond motifs is 1. The van der Waals surface area contributed by atoms with Crippen LogP contribution in [0.3, 0.4) is 0 Å². The van der Waals surface area contributed by atoms with Crippen LogP contribution in [0.25, 0.3) is 22.3 Å². The van der Waals surface area contributed by atoms with Gasteiger partial charge in [0.15, 0.2) is 5.82 Å². The zero-order valence-electron chi connectivity index (χ0n) is 16.6. The van der Waals surface area contributed by atoms with E-state index in [1.165, 1.54) is 31.4 Å². The molecule has 0 aliphatic heterocycles. The molecule has 1 N–H and O–H groups in total. The molecule has 0 aliphatic carbocycles. The molecule has 4 aromatic rings. The lowest BCUT2D eigenvalue weighted by atomic mass is 10.1. The summed E-state index contributed by atoms with van der Waals surface area (Å²) in [7, 11) is 1.50. The standard InChI is InChI=1S/C23H17BrFN3O3/c1-13-3-9-17-20(11-13)26-21(14-4-6-15(25)7-5-14)28(23(17)30)27-22(29)18-12-16(31-2)8-10-19(18)24/h3-12H,1-2H3,(H,27,29). The highest BCUT2D eigenvalue weighted by molar-refractivity contribution is 9.10. The molecule has 31 heavy (non-hydrogen) atoms. The lowest BCUT2D eigenvalue weighted by Crippen LogP contribution is -2.35. The van der Waals surface area contributed by atoms with Gasteiger partial charge in [0.1, 0.15) is 11.6 Å². The van der Waals surface area contributed by atoms with E-state index in [9.17, 15) is 14.0 Å². The molecule has 0 spiro atoms. The van der Waals surface area contributed by atoms with Crippen LogP contribution in [-0.2, 0) is 0 Å². The Labute approximate surface area is 185 Å². The van der Waals surface area contributed by atoms with E-state index in [1.807, 2.05) is 6.92 Å². The summed E-state index contributed by atoms with van der Waals surface area (Å²) in [5.74, 6) is -0.273. The minimum Gasteiger partial charge on any atom is -0.497 e. The number of nitrogens with zero attached hydrogens (tertiary/aromatic N) is 2. The van der Waals surface area contributed by atoms with Crippen LogP contribution >= 0.6 is 15.9 Å². The molecule has 1 amide bonds. The topological polar surface area (TPSA) is 73.2 Å². The minimum atomic E-state index is -0.538. The molecule has 156 valence electrons. The summed E-state index contributed by atoms with van der Waals surface area (Å²) in [6, 6.07) is 15.7. The van der Waals surface area contributed by atoms with E-state index in [0.717, 1.165) is 10.2 Å². The first kappa shape index (κ1) is 20.7. The molecule has 0 bridgehead atoms. The van der Waals surface area contributed by atoms with Crippen molar-refractivity contribution in [2.24, 2.45) is 0 Å². The van der Waals surface area contributed by atoms with E-state index in [4.69, 9.17) is 4.74 Å². The smallest absolute Gasteiger partial charge is 0.280 e. The Morgan fingerprint density at radius 2 is 1.84 bits per heavy atom. The molecular weight excluding hydrogens is 465 g/mol. The molecule has 0 radical (unpaired) electrons. The van der Waals surface area contributed by atoms with Crippen molar-refractivity contribution in [3.8, 4) is 17.1 Å². The van der Waals surface area contributed by atoms with Crippen molar-refractivity contribution in [2.75, 3.05) is 12.5 Å². The van der Waals surface area contributed by atoms with Gasteiger partial charge in [0.05, 0.1) is 23.6 Å². The van der Waals surface area contributed by atoms with Gasteiger partial charge in [0.25, 0.3) is 11.5 Å². The third-order valence-electron chi connectivity index (χ3n) is 4.76. The van der Waals surface area contributed by atoms with Crippen LogP contribution in [0.1, 0.15) is 15.9 Å². The second kappa shape index (κ2) is 8.31. The van der Waals surface area contributed by atoms with Crippen LogP contribution in [0, 0.1) is 12.7 Å². The molecule has 3 aromatic carbocycles. The number of carbonyl (C=O) groups is 1. The zero-order chi connectivity index (χ0) is 22.1. The number of aromatic nitrogens is 2. The van der Waals surface area contributed by atoms with Crippen LogP contribution in [0.5, 0.6) is 5.75 Å². The van der Waals surface area contributed by atoms with Gasteiger partial charge in [-0.25, -0.2) is 9.37 Å². The summed E-state index contributed by atoms with van der Waals surface area (Å²) < 4.78 is 20.3. The monoisotopic (exact) mass is 481 g/mol. The molecular formula is C23H17BrFN3O3. The van der Waals surface area contributed by atoms with E-state index in [-0.39, 0.29) is 11.4 Å². The number of benzene rings is 3.